The van der Waals surface area contributed by atoms with Crippen molar-refractivity contribution < 1.29 is 5.11 Å². The predicted octanol–water partition coefficient (Wildman–Crippen LogP) is 2.79. The summed E-state index contributed by atoms with van der Waals surface area (Å²) in [6, 6.07) is 6.21. The second-order valence-electron chi connectivity index (χ2n) is 5.02. The van der Waals surface area contributed by atoms with Crippen LogP contribution in [0, 0.1) is 18.3 Å². The Hall–Kier alpha value is -1.47. The number of aliphatic hydroxyl groups is 1. The maximum atomic E-state index is 9.33. The van der Waals surface area contributed by atoms with Gasteiger partial charge in [-0.3, -0.25) is 9.88 Å². The van der Waals surface area contributed by atoms with Gasteiger partial charge in [0, 0.05) is 30.1 Å². The van der Waals surface area contributed by atoms with E-state index in [1.165, 1.54) is 15.0 Å². The van der Waals surface area contributed by atoms with Crippen molar-refractivity contribution >= 4 is 44.4 Å². The third-order valence-corrected chi connectivity index (χ3v) is 7.84. The number of hydrogen-bond acceptors (Lipinski definition) is 6. The number of pyridine rings is 1. The molecule has 3 heterocycles. The minimum atomic E-state index is -0.495. The van der Waals surface area contributed by atoms with E-state index in [4.69, 9.17) is 4.99 Å². The standard InChI is InChI=1S/C16H15IN4OS/c1-10-12(9-18)23-16-13(10)15(21(2)7-8-22)17-14(20-16)11-3-5-19-6-4-11/h3-6,22H,7-8H2,1-2H3. The molecular weight excluding hydrogens is 423 g/mol. The Labute approximate surface area is 148 Å². The second kappa shape index (κ2) is 6.97. The molecule has 0 fully saturated rings. The Balaban J connectivity index is 2.17. The summed E-state index contributed by atoms with van der Waals surface area (Å²) in [4.78, 5) is 11.7. The molecule has 1 aliphatic rings. The number of thiophene rings is 1. The van der Waals surface area contributed by atoms with E-state index >= 15 is 0 Å². The number of likely N-dealkylation sites (N-methyl/N-ethyl adjacent to an activating group) is 1. The molecule has 1 aliphatic heterocycles. The maximum Gasteiger partial charge on any atom is 0.128 e. The molecule has 0 saturated carbocycles. The van der Waals surface area contributed by atoms with Crippen LogP contribution in [-0.2, 0) is 0 Å². The largest absolute Gasteiger partial charge is 0.395 e. The Morgan fingerprint density at radius 2 is 2.13 bits per heavy atom. The van der Waals surface area contributed by atoms with Crippen LogP contribution in [-0.4, -0.2) is 42.5 Å². The summed E-state index contributed by atoms with van der Waals surface area (Å²) in [5.41, 5.74) is 3.18. The highest BCUT2D eigenvalue weighted by atomic mass is 127. The van der Waals surface area contributed by atoms with Crippen molar-refractivity contribution in [1.29, 1.82) is 5.26 Å². The van der Waals surface area contributed by atoms with Crippen LogP contribution >= 0.6 is 32.1 Å². The number of halogens is 1. The van der Waals surface area contributed by atoms with E-state index in [0.717, 1.165) is 25.4 Å². The van der Waals surface area contributed by atoms with Crippen molar-refractivity contribution in [3.63, 3.8) is 0 Å². The molecule has 3 rings (SSSR count). The molecule has 2 aromatic heterocycles. The van der Waals surface area contributed by atoms with Crippen molar-refractivity contribution in [3.05, 3.63) is 46.1 Å². The van der Waals surface area contributed by atoms with Crippen LogP contribution in [0.4, 0.5) is 5.00 Å². The summed E-state index contributed by atoms with van der Waals surface area (Å²) in [5, 5.41) is 19.5. The lowest BCUT2D eigenvalue weighted by molar-refractivity contribution is 0.265. The molecule has 5 nitrogen and oxygen atoms in total. The molecule has 1 N–H and O–H groups in total. The number of hydrogen-bond donors (Lipinski definition) is 1. The van der Waals surface area contributed by atoms with Crippen LogP contribution in [0.1, 0.15) is 21.6 Å². The zero-order chi connectivity index (χ0) is 16.4. The summed E-state index contributed by atoms with van der Waals surface area (Å²) in [6.07, 6.45) is 3.54. The zero-order valence-electron chi connectivity index (χ0n) is 12.7. The Morgan fingerprint density at radius 3 is 2.78 bits per heavy atom. The van der Waals surface area contributed by atoms with Gasteiger partial charge in [0.15, 0.2) is 0 Å². The van der Waals surface area contributed by atoms with Crippen LogP contribution in [0.2, 0.25) is 0 Å². The van der Waals surface area contributed by atoms with E-state index in [0.29, 0.717) is 11.4 Å². The Bertz CT molecular complexity index is 836. The van der Waals surface area contributed by atoms with Crippen LogP contribution in [0.25, 0.3) is 0 Å². The molecular formula is C16H15IN4OS. The highest BCUT2D eigenvalue weighted by Crippen LogP contribution is 2.41. The van der Waals surface area contributed by atoms with Gasteiger partial charge in [-0.2, -0.15) is 5.26 Å². The number of aliphatic hydroxyl groups excluding tert-OH is 1. The molecule has 0 aromatic carbocycles. The molecule has 0 spiro atoms. The normalized spacial score (nSPS) is 13.7. The molecule has 0 amide bonds. The summed E-state index contributed by atoms with van der Waals surface area (Å²) in [6.45, 7) is 2.67. The van der Waals surface area contributed by atoms with Crippen molar-refractivity contribution in [2.24, 2.45) is 4.99 Å². The summed E-state index contributed by atoms with van der Waals surface area (Å²) in [7, 11) is 1.99. The number of fused-ring (bicyclic) bond motifs is 1. The quantitative estimate of drug-likeness (QED) is 0.746. The lowest BCUT2D eigenvalue weighted by Gasteiger charge is -2.22. The SMILES string of the molecule is Cc1c(C#N)sc2c1C(N(C)CCO)=IC(c1ccncc1)=N2. The first-order valence-electron chi connectivity index (χ1n) is 7.02. The number of rotatable bonds is 4. The first-order valence-corrected chi connectivity index (χ1v) is 9.99. The summed E-state index contributed by atoms with van der Waals surface area (Å²) >= 11 is 0.948. The zero-order valence-corrected chi connectivity index (χ0v) is 15.7. The lowest BCUT2D eigenvalue weighted by Crippen LogP contribution is -2.30. The molecule has 0 aliphatic carbocycles. The van der Waals surface area contributed by atoms with Gasteiger partial charge >= 0.3 is 0 Å². The van der Waals surface area contributed by atoms with Gasteiger partial charge in [-0.25, -0.2) is 4.99 Å². The maximum absolute atomic E-state index is 9.33. The molecule has 2 aromatic rings. The topological polar surface area (TPSA) is 72.5 Å². The van der Waals surface area contributed by atoms with Gasteiger partial charge in [0.05, 0.1) is 10.2 Å². The highest BCUT2D eigenvalue weighted by molar-refractivity contribution is 14.2. The van der Waals surface area contributed by atoms with Crippen LogP contribution in [0.3, 0.4) is 0 Å². The fourth-order valence-electron chi connectivity index (χ4n) is 2.29. The van der Waals surface area contributed by atoms with Crippen molar-refractivity contribution in [1.82, 2.24) is 9.88 Å². The molecule has 0 radical (unpaired) electrons. The number of aliphatic imine (C=N–C) groups is 1. The molecule has 23 heavy (non-hydrogen) atoms. The van der Waals surface area contributed by atoms with Crippen molar-refractivity contribution in [2.75, 3.05) is 20.2 Å². The van der Waals surface area contributed by atoms with Gasteiger partial charge in [0.2, 0.25) is 0 Å². The lowest BCUT2D eigenvalue weighted by atomic mass is 10.1. The van der Waals surface area contributed by atoms with E-state index in [1.807, 2.05) is 26.1 Å². The molecule has 0 atom stereocenters. The Morgan fingerprint density at radius 1 is 1.39 bits per heavy atom. The molecule has 7 heteroatoms. The van der Waals surface area contributed by atoms with Gasteiger partial charge in [-0.05, 0) is 52.4 Å². The van der Waals surface area contributed by atoms with Crippen molar-refractivity contribution in [2.45, 2.75) is 6.92 Å². The van der Waals surface area contributed by atoms with Gasteiger partial charge in [0.25, 0.3) is 0 Å². The van der Waals surface area contributed by atoms with Gasteiger partial charge in [0.1, 0.15) is 19.7 Å². The fourth-order valence-corrected chi connectivity index (χ4v) is 6.72. The molecule has 0 saturated heterocycles. The minimum absolute atomic E-state index is 0.106. The number of aromatic nitrogens is 1. The van der Waals surface area contributed by atoms with Crippen molar-refractivity contribution in [3.8, 4) is 6.07 Å². The summed E-state index contributed by atoms with van der Waals surface area (Å²) < 4.78 is 2.29. The molecule has 118 valence electrons. The predicted molar refractivity (Wildman–Crippen MR) is 102 cm³/mol. The van der Waals surface area contributed by atoms with Crippen LogP contribution in [0.5, 0.6) is 0 Å². The third-order valence-electron chi connectivity index (χ3n) is 3.50. The first kappa shape index (κ1) is 16.4. The molecule has 0 bridgehead atoms. The van der Waals surface area contributed by atoms with Gasteiger partial charge in [-0.1, -0.05) is 0 Å². The average molecular weight is 438 g/mol. The number of nitriles is 1. The Kier molecular flexibility index (Phi) is 4.96. The van der Waals surface area contributed by atoms with Gasteiger partial charge < -0.3 is 5.11 Å². The number of nitrogens with zero attached hydrogens (tertiary/aromatic N) is 4. The van der Waals surface area contributed by atoms with Gasteiger partial charge in [-0.15, -0.1) is 11.3 Å². The van der Waals surface area contributed by atoms with E-state index < -0.39 is 20.7 Å². The van der Waals surface area contributed by atoms with E-state index in [-0.39, 0.29) is 6.61 Å². The minimum Gasteiger partial charge on any atom is -0.395 e. The molecule has 0 unspecified atom stereocenters. The van der Waals surface area contributed by atoms with Crippen LogP contribution < -0.4 is 0 Å². The summed E-state index contributed by atoms with van der Waals surface area (Å²) in [5.74, 6) is 0. The second-order valence-corrected chi connectivity index (χ2v) is 8.60. The first-order chi connectivity index (χ1) is 11.2. The highest BCUT2D eigenvalue weighted by Gasteiger charge is 2.25. The third kappa shape index (κ3) is 3.12. The van der Waals surface area contributed by atoms with E-state index in [2.05, 4.69) is 16.0 Å². The van der Waals surface area contributed by atoms with E-state index in [1.54, 1.807) is 12.4 Å². The van der Waals surface area contributed by atoms with Crippen LogP contribution in [0.15, 0.2) is 29.5 Å². The smallest absolute Gasteiger partial charge is 0.128 e. The monoisotopic (exact) mass is 438 g/mol. The van der Waals surface area contributed by atoms with E-state index in [9.17, 15) is 10.4 Å². The fraction of sp³-hybridized carbons (Fsp3) is 0.250. The average Bonchev–Trinajstić information content (AvgIpc) is 2.91.